The van der Waals surface area contributed by atoms with Crippen LogP contribution >= 0.6 is 0 Å². The average Bonchev–Trinajstić information content (AvgIpc) is 2.58. The third-order valence-corrected chi connectivity index (χ3v) is 5.31. The van der Waals surface area contributed by atoms with Crippen molar-refractivity contribution in [2.24, 2.45) is 0 Å². The molecule has 1 aromatic carbocycles. The Kier molecular flexibility index (Phi) is 5.05. The maximum absolute atomic E-state index is 12.7. The number of fused-ring (bicyclic) bond motifs is 1. The highest BCUT2D eigenvalue weighted by atomic mass is 16.1. The summed E-state index contributed by atoms with van der Waals surface area (Å²) in [7, 11) is 0. The molecule has 1 aliphatic heterocycles. The Morgan fingerprint density at radius 1 is 1.00 bits per heavy atom. The second-order valence-electron chi connectivity index (χ2n) is 6.18. The van der Waals surface area contributed by atoms with Gasteiger partial charge in [-0.25, -0.2) is 0 Å². The van der Waals surface area contributed by atoms with Gasteiger partial charge in [-0.2, -0.15) is 0 Å². The number of ketones is 2. The molecule has 23 heavy (non-hydrogen) atoms. The summed E-state index contributed by atoms with van der Waals surface area (Å²) < 4.78 is 1.10. The minimum Gasteiger partial charge on any atom is -0.358 e. The van der Waals surface area contributed by atoms with Crippen LogP contribution in [0.4, 0.5) is 0 Å². The smallest absolute Gasteiger partial charge is 0.209 e. The molecule has 4 nitrogen and oxygen atoms in total. The molecule has 4 heteroatoms. The number of carbonyl (C=O) groups is 2. The van der Waals surface area contributed by atoms with Crippen LogP contribution in [-0.4, -0.2) is 60.2 Å². The van der Waals surface area contributed by atoms with Crippen LogP contribution in [0.3, 0.4) is 0 Å². The van der Waals surface area contributed by atoms with Gasteiger partial charge in [0.1, 0.15) is 0 Å². The monoisotopic (exact) mass is 314 g/mol. The van der Waals surface area contributed by atoms with Gasteiger partial charge in [-0.15, -0.1) is 0 Å². The SMILES string of the molecule is CC[N+]1(CC)CCN(C2=CC(=O)c3ccccc3C2=O)CC1.[CH3-]. The zero-order valence-electron chi connectivity index (χ0n) is 14.3. The number of rotatable bonds is 3. The maximum Gasteiger partial charge on any atom is 0.209 e. The van der Waals surface area contributed by atoms with E-state index in [4.69, 9.17) is 0 Å². The molecule has 0 saturated carbocycles. The molecular formula is C19H26N2O2. The number of allylic oxidation sites excluding steroid dienone is 2. The lowest BCUT2D eigenvalue weighted by Crippen LogP contribution is -2.59. The van der Waals surface area contributed by atoms with Crippen molar-refractivity contribution < 1.29 is 14.1 Å². The molecule has 124 valence electrons. The van der Waals surface area contributed by atoms with E-state index in [2.05, 4.69) is 18.7 Å². The third-order valence-electron chi connectivity index (χ3n) is 5.31. The molecule has 0 unspecified atom stereocenters. The topological polar surface area (TPSA) is 37.4 Å². The average molecular weight is 314 g/mol. The molecule has 0 radical (unpaired) electrons. The zero-order chi connectivity index (χ0) is 15.7. The van der Waals surface area contributed by atoms with Crippen LogP contribution in [-0.2, 0) is 0 Å². The lowest BCUT2D eigenvalue weighted by Gasteiger charge is -2.45. The molecule has 0 atom stereocenters. The lowest BCUT2D eigenvalue weighted by atomic mass is 9.92. The molecule has 1 heterocycles. The Labute approximate surface area is 139 Å². The summed E-state index contributed by atoms with van der Waals surface area (Å²) in [5.41, 5.74) is 1.65. The van der Waals surface area contributed by atoms with E-state index < -0.39 is 0 Å². The second kappa shape index (κ2) is 6.67. The highest BCUT2D eigenvalue weighted by molar-refractivity contribution is 6.24. The van der Waals surface area contributed by atoms with Crippen LogP contribution in [0.2, 0.25) is 0 Å². The molecule has 1 aromatic rings. The van der Waals surface area contributed by atoms with E-state index in [-0.39, 0.29) is 19.0 Å². The van der Waals surface area contributed by atoms with Gasteiger partial charge < -0.3 is 16.8 Å². The standard InChI is InChI=1S/C18H23N2O2.CH3/c1-3-20(4-2)11-9-19(10-12-20)16-13-17(21)14-7-5-6-8-15(14)18(16)22;/h5-8,13H,3-4,9-12H2,1-2H3;1H3/q+1;-1. The van der Waals surface area contributed by atoms with E-state index >= 15 is 0 Å². The van der Waals surface area contributed by atoms with Crippen molar-refractivity contribution in [1.29, 1.82) is 0 Å². The third kappa shape index (κ3) is 2.95. The van der Waals surface area contributed by atoms with E-state index in [0.29, 0.717) is 16.8 Å². The van der Waals surface area contributed by atoms with Gasteiger partial charge in [0.15, 0.2) is 5.78 Å². The van der Waals surface area contributed by atoms with Gasteiger partial charge in [0.25, 0.3) is 0 Å². The van der Waals surface area contributed by atoms with Crippen LogP contribution in [0.25, 0.3) is 0 Å². The van der Waals surface area contributed by atoms with Gasteiger partial charge in [0.2, 0.25) is 5.78 Å². The summed E-state index contributed by atoms with van der Waals surface area (Å²) in [4.78, 5) is 27.1. The van der Waals surface area contributed by atoms with Crippen molar-refractivity contribution in [3.63, 3.8) is 0 Å². The number of piperazine rings is 1. The zero-order valence-corrected chi connectivity index (χ0v) is 14.3. The predicted octanol–water partition coefficient (Wildman–Crippen LogP) is 2.57. The molecule has 3 rings (SSSR count). The molecule has 0 spiro atoms. The van der Waals surface area contributed by atoms with Crippen molar-refractivity contribution in [2.75, 3.05) is 39.3 Å². The maximum atomic E-state index is 12.7. The van der Waals surface area contributed by atoms with Crippen molar-refractivity contribution in [2.45, 2.75) is 13.8 Å². The molecule has 2 aliphatic rings. The second-order valence-corrected chi connectivity index (χ2v) is 6.18. The Morgan fingerprint density at radius 2 is 1.57 bits per heavy atom. The first-order chi connectivity index (χ1) is 10.6. The highest BCUT2D eigenvalue weighted by Crippen LogP contribution is 2.25. The molecule has 0 bridgehead atoms. The van der Waals surface area contributed by atoms with Crippen LogP contribution in [0, 0.1) is 7.43 Å². The largest absolute Gasteiger partial charge is 0.358 e. The predicted molar refractivity (Wildman–Crippen MR) is 92.2 cm³/mol. The Hall–Kier alpha value is -1.94. The first kappa shape index (κ1) is 17.4. The molecule has 0 aromatic heterocycles. The van der Waals surface area contributed by atoms with Crippen molar-refractivity contribution in [3.05, 3.63) is 54.6 Å². The summed E-state index contributed by atoms with van der Waals surface area (Å²) in [5, 5.41) is 0. The van der Waals surface area contributed by atoms with Gasteiger partial charge in [-0.3, -0.25) is 9.59 Å². The summed E-state index contributed by atoms with van der Waals surface area (Å²) in [6.07, 6.45) is 1.53. The van der Waals surface area contributed by atoms with Crippen molar-refractivity contribution in [1.82, 2.24) is 4.90 Å². The van der Waals surface area contributed by atoms with Crippen LogP contribution in [0.5, 0.6) is 0 Å². The number of Topliss-reactive ketones (excluding diaryl/α,β-unsaturated/α-hetero) is 1. The molecular weight excluding hydrogens is 288 g/mol. The summed E-state index contributed by atoms with van der Waals surface area (Å²) in [6.45, 7) is 10.5. The number of carbonyl (C=O) groups excluding carboxylic acids is 2. The van der Waals surface area contributed by atoms with E-state index in [1.807, 2.05) is 6.07 Å². The van der Waals surface area contributed by atoms with E-state index in [9.17, 15) is 9.59 Å². The van der Waals surface area contributed by atoms with Gasteiger partial charge >= 0.3 is 0 Å². The normalized spacial score (nSPS) is 19.7. The van der Waals surface area contributed by atoms with Crippen LogP contribution in [0.1, 0.15) is 34.6 Å². The minimum absolute atomic E-state index is 0. The van der Waals surface area contributed by atoms with E-state index in [1.54, 1.807) is 18.2 Å². The summed E-state index contributed by atoms with van der Waals surface area (Å²) in [6, 6.07) is 7.11. The fourth-order valence-electron chi connectivity index (χ4n) is 3.52. The highest BCUT2D eigenvalue weighted by Gasteiger charge is 2.34. The fourth-order valence-corrected chi connectivity index (χ4v) is 3.52. The van der Waals surface area contributed by atoms with Crippen molar-refractivity contribution >= 4 is 11.6 Å². The first-order valence-electron chi connectivity index (χ1n) is 8.10. The molecule has 1 fully saturated rings. The van der Waals surface area contributed by atoms with Crippen molar-refractivity contribution in [3.8, 4) is 0 Å². The number of benzene rings is 1. The number of quaternary nitrogens is 1. The summed E-state index contributed by atoms with van der Waals surface area (Å²) in [5.74, 6) is -0.0642. The van der Waals surface area contributed by atoms with Gasteiger partial charge in [-0.05, 0) is 13.8 Å². The Balaban J connectivity index is 0.00000192. The van der Waals surface area contributed by atoms with Crippen LogP contribution < -0.4 is 0 Å². The van der Waals surface area contributed by atoms with Gasteiger partial charge in [0, 0.05) is 17.2 Å². The number of nitrogens with zero attached hydrogens (tertiary/aromatic N) is 2. The summed E-state index contributed by atoms with van der Waals surface area (Å²) >= 11 is 0. The Morgan fingerprint density at radius 3 is 2.13 bits per heavy atom. The fraction of sp³-hybridized carbons (Fsp3) is 0.421. The number of hydrogen-bond acceptors (Lipinski definition) is 3. The number of likely N-dealkylation sites (N-methyl/N-ethyl adjacent to an activating group) is 1. The quantitative estimate of drug-likeness (QED) is 0.636. The van der Waals surface area contributed by atoms with E-state index in [1.165, 1.54) is 6.08 Å². The Bertz CT molecular complexity index is 635. The van der Waals surface area contributed by atoms with Crippen LogP contribution in [0.15, 0.2) is 36.0 Å². The van der Waals surface area contributed by atoms with E-state index in [0.717, 1.165) is 43.8 Å². The van der Waals surface area contributed by atoms with Gasteiger partial charge in [-0.1, -0.05) is 24.3 Å². The molecule has 0 N–H and O–H groups in total. The molecule has 1 aliphatic carbocycles. The molecule has 0 amide bonds. The molecule has 1 saturated heterocycles. The number of hydrogen-bond donors (Lipinski definition) is 0. The van der Waals surface area contributed by atoms with Gasteiger partial charge in [0.05, 0.1) is 45.0 Å². The lowest BCUT2D eigenvalue weighted by molar-refractivity contribution is -0.928. The minimum atomic E-state index is -0.0532. The first-order valence-corrected chi connectivity index (χ1v) is 8.10.